The van der Waals surface area contributed by atoms with Crippen LogP contribution >= 0.6 is 11.6 Å². The first kappa shape index (κ1) is 11.0. The van der Waals surface area contributed by atoms with Crippen LogP contribution in [0.25, 0.3) is 0 Å². The molecule has 0 aliphatic carbocycles. The van der Waals surface area contributed by atoms with Crippen LogP contribution in [0.4, 0.5) is 8.78 Å². The summed E-state index contributed by atoms with van der Waals surface area (Å²) in [6.45, 7) is 0. The molecule has 0 radical (unpaired) electrons. The molecule has 0 fully saturated rings. The van der Waals surface area contributed by atoms with Crippen molar-refractivity contribution in [2.24, 2.45) is 0 Å². The van der Waals surface area contributed by atoms with Crippen LogP contribution in [0.3, 0.4) is 0 Å². The number of nitrogens with zero attached hydrogens (tertiary/aromatic N) is 1. The molecule has 0 spiro atoms. The van der Waals surface area contributed by atoms with Crippen molar-refractivity contribution in [3.05, 3.63) is 65.5 Å². The Hall–Kier alpha value is -1.48. The van der Waals surface area contributed by atoms with Crippen molar-refractivity contribution in [2.45, 2.75) is 5.38 Å². The maximum atomic E-state index is 13.4. The molecule has 1 aromatic carbocycles. The molecule has 0 aliphatic heterocycles. The van der Waals surface area contributed by atoms with Crippen LogP contribution in [0.5, 0.6) is 0 Å². The van der Waals surface area contributed by atoms with Crippen molar-refractivity contribution in [1.29, 1.82) is 0 Å². The number of rotatable bonds is 2. The highest BCUT2D eigenvalue weighted by atomic mass is 35.5. The van der Waals surface area contributed by atoms with Crippen LogP contribution in [0.15, 0.2) is 42.7 Å². The number of alkyl halides is 1. The summed E-state index contributed by atoms with van der Waals surface area (Å²) in [5.41, 5.74) is 0.983. The van der Waals surface area contributed by atoms with Crippen LogP contribution < -0.4 is 0 Å². The summed E-state index contributed by atoms with van der Waals surface area (Å²) >= 11 is 6.10. The lowest BCUT2D eigenvalue weighted by Crippen LogP contribution is -1.97. The molecule has 82 valence electrons. The second-order valence-corrected chi connectivity index (χ2v) is 3.75. The molecule has 0 saturated carbocycles. The van der Waals surface area contributed by atoms with Gasteiger partial charge in [-0.25, -0.2) is 8.78 Å². The summed E-state index contributed by atoms with van der Waals surface area (Å²) in [5.74, 6) is -1.25. The lowest BCUT2D eigenvalue weighted by atomic mass is 10.1. The first-order valence-corrected chi connectivity index (χ1v) is 5.11. The normalized spacial score (nSPS) is 12.4. The highest BCUT2D eigenvalue weighted by molar-refractivity contribution is 6.22. The van der Waals surface area contributed by atoms with Gasteiger partial charge in [0.05, 0.1) is 5.38 Å². The average molecular weight is 240 g/mol. The predicted octanol–water partition coefficient (Wildman–Crippen LogP) is 3.69. The van der Waals surface area contributed by atoms with Crippen molar-refractivity contribution in [3.63, 3.8) is 0 Å². The number of hydrogen-bond donors (Lipinski definition) is 0. The molecule has 1 atom stereocenters. The summed E-state index contributed by atoms with van der Waals surface area (Å²) < 4.78 is 26.2. The minimum Gasteiger partial charge on any atom is -0.265 e. The third kappa shape index (κ3) is 2.19. The van der Waals surface area contributed by atoms with Gasteiger partial charge >= 0.3 is 0 Å². The topological polar surface area (TPSA) is 12.9 Å². The Morgan fingerprint density at radius 3 is 2.38 bits per heavy atom. The van der Waals surface area contributed by atoms with Gasteiger partial charge in [-0.2, -0.15) is 0 Å². The third-order valence-electron chi connectivity index (χ3n) is 2.23. The van der Waals surface area contributed by atoms with Crippen LogP contribution in [-0.4, -0.2) is 4.98 Å². The van der Waals surface area contributed by atoms with E-state index in [1.165, 1.54) is 12.1 Å². The molecule has 1 nitrogen and oxygen atoms in total. The fraction of sp³-hybridized carbons (Fsp3) is 0.0833. The predicted molar refractivity (Wildman–Crippen MR) is 58.3 cm³/mol. The van der Waals surface area contributed by atoms with Gasteiger partial charge in [0.1, 0.15) is 11.6 Å². The first-order valence-electron chi connectivity index (χ1n) is 4.67. The van der Waals surface area contributed by atoms with E-state index in [0.29, 0.717) is 0 Å². The number of benzene rings is 1. The fourth-order valence-corrected chi connectivity index (χ4v) is 1.74. The molecule has 0 N–H and O–H groups in total. The van der Waals surface area contributed by atoms with Gasteiger partial charge in [-0.15, -0.1) is 11.6 Å². The van der Waals surface area contributed by atoms with Crippen LogP contribution in [-0.2, 0) is 0 Å². The maximum absolute atomic E-state index is 13.4. The van der Waals surface area contributed by atoms with E-state index in [-0.39, 0.29) is 5.56 Å². The second kappa shape index (κ2) is 4.58. The van der Waals surface area contributed by atoms with Crippen molar-refractivity contribution in [3.8, 4) is 0 Å². The minimum absolute atomic E-state index is 0.259. The van der Waals surface area contributed by atoms with Gasteiger partial charge in [0.25, 0.3) is 0 Å². The van der Waals surface area contributed by atoms with Crippen molar-refractivity contribution >= 4 is 11.6 Å². The van der Waals surface area contributed by atoms with E-state index in [1.54, 1.807) is 24.5 Å². The zero-order chi connectivity index (χ0) is 11.5. The van der Waals surface area contributed by atoms with Crippen LogP contribution in [0.2, 0.25) is 0 Å². The Kier molecular flexibility index (Phi) is 3.15. The van der Waals surface area contributed by atoms with E-state index >= 15 is 0 Å². The van der Waals surface area contributed by atoms with Gasteiger partial charge in [0, 0.05) is 24.0 Å². The largest absolute Gasteiger partial charge is 0.265 e. The summed E-state index contributed by atoms with van der Waals surface area (Å²) in [7, 11) is 0. The minimum atomic E-state index is -0.642. The first-order chi connectivity index (χ1) is 7.68. The number of aromatic nitrogens is 1. The number of halogens is 3. The lowest BCUT2D eigenvalue weighted by molar-refractivity contribution is 0.573. The molecule has 4 heteroatoms. The second-order valence-electron chi connectivity index (χ2n) is 3.31. The molecule has 0 bridgehead atoms. The maximum Gasteiger partial charge on any atom is 0.131 e. The Bertz CT molecular complexity index is 488. The van der Waals surface area contributed by atoms with E-state index < -0.39 is 17.0 Å². The lowest BCUT2D eigenvalue weighted by Gasteiger charge is -2.10. The number of pyridine rings is 1. The Balaban J connectivity index is 2.38. The zero-order valence-electron chi connectivity index (χ0n) is 8.20. The molecule has 0 saturated heterocycles. The van der Waals surface area contributed by atoms with Crippen molar-refractivity contribution < 1.29 is 8.78 Å². The molecule has 1 aromatic heterocycles. The van der Waals surface area contributed by atoms with Crippen molar-refractivity contribution in [2.75, 3.05) is 0 Å². The highest BCUT2D eigenvalue weighted by Gasteiger charge is 2.15. The average Bonchev–Trinajstić information content (AvgIpc) is 2.29. The molecule has 1 heterocycles. The standard InChI is InChI=1S/C12H8ClF2N/c13-12(8-3-5-16-6-4-8)10-2-1-9(14)7-11(10)15/h1-7,12H. The molecule has 2 aromatic rings. The van der Waals surface area contributed by atoms with Crippen LogP contribution in [0, 0.1) is 11.6 Å². The molecule has 1 unspecified atom stereocenters. The Morgan fingerprint density at radius 2 is 1.75 bits per heavy atom. The fourth-order valence-electron chi connectivity index (χ4n) is 1.42. The summed E-state index contributed by atoms with van der Waals surface area (Å²) in [6.07, 6.45) is 3.15. The smallest absolute Gasteiger partial charge is 0.131 e. The van der Waals surface area contributed by atoms with Crippen molar-refractivity contribution in [1.82, 2.24) is 4.98 Å². The highest BCUT2D eigenvalue weighted by Crippen LogP contribution is 2.30. The monoisotopic (exact) mass is 239 g/mol. The molecule has 0 aliphatic rings. The molecule has 2 rings (SSSR count). The Morgan fingerprint density at radius 1 is 1.06 bits per heavy atom. The van der Waals surface area contributed by atoms with Gasteiger partial charge in [-0.05, 0) is 23.8 Å². The van der Waals surface area contributed by atoms with E-state index in [9.17, 15) is 8.78 Å². The summed E-state index contributed by atoms with van der Waals surface area (Å²) in [6, 6.07) is 6.75. The third-order valence-corrected chi connectivity index (χ3v) is 2.72. The molecule has 16 heavy (non-hydrogen) atoms. The van der Waals surface area contributed by atoms with E-state index in [1.807, 2.05) is 0 Å². The molecular weight excluding hydrogens is 232 g/mol. The van der Waals surface area contributed by atoms with E-state index in [0.717, 1.165) is 11.6 Å². The molecule has 0 amide bonds. The summed E-state index contributed by atoms with van der Waals surface area (Å²) in [4.78, 5) is 3.85. The van der Waals surface area contributed by atoms with E-state index in [2.05, 4.69) is 4.98 Å². The Labute approximate surface area is 96.7 Å². The molecular formula is C12H8ClF2N. The number of hydrogen-bond acceptors (Lipinski definition) is 1. The van der Waals surface area contributed by atoms with Gasteiger partial charge in [-0.3, -0.25) is 4.98 Å². The zero-order valence-corrected chi connectivity index (χ0v) is 8.96. The SMILES string of the molecule is Fc1ccc(C(Cl)c2ccncc2)c(F)c1. The quantitative estimate of drug-likeness (QED) is 0.729. The van der Waals surface area contributed by atoms with E-state index in [4.69, 9.17) is 11.6 Å². The van der Waals surface area contributed by atoms with Gasteiger partial charge in [0.15, 0.2) is 0 Å². The van der Waals surface area contributed by atoms with Gasteiger partial charge < -0.3 is 0 Å². The van der Waals surface area contributed by atoms with Gasteiger partial charge in [0.2, 0.25) is 0 Å². The van der Waals surface area contributed by atoms with Gasteiger partial charge in [-0.1, -0.05) is 6.07 Å². The summed E-state index contributed by atoms with van der Waals surface area (Å²) in [5, 5.41) is -0.636. The van der Waals surface area contributed by atoms with Crippen LogP contribution in [0.1, 0.15) is 16.5 Å².